The van der Waals surface area contributed by atoms with Crippen LogP contribution in [0.15, 0.2) is 42.5 Å². The summed E-state index contributed by atoms with van der Waals surface area (Å²) in [6, 6.07) is 11.5. The lowest BCUT2D eigenvalue weighted by atomic mass is 9.99. The van der Waals surface area contributed by atoms with Gasteiger partial charge < -0.3 is 15.8 Å². The lowest BCUT2D eigenvalue weighted by Gasteiger charge is -2.15. The molecule has 1 unspecified atom stereocenters. The van der Waals surface area contributed by atoms with Crippen molar-refractivity contribution in [3.8, 4) is 5.75 Å². The monoisotopic (exact) mass is 357 g/mol. The summed E-state index contributed by atoms with van der Waals surface area (Å²) in [6.45, 7) is 4.38. The number of nitro benzene ring substituents is 1. The molecule has 0 radical (unpaired) electrons. The van der Waals surface area contributed by atoms with Crippen LogP contribution in [-0.4, -0.2) is 24.5 Å². The van der Waals surface area contributed by atoms with Gasteiger partial charge in [0.1, 0.15) is 11.3 Å². The number of nitrogens with two attached hydrogens (primary N) is 1. The maximum absolute atomic E-state index is 12.4. The average Bonchev–Trinajstić information content (AvgIpc) is 2.65. The first kappa shape index (κ1) is 19.4. The molecule has 0 bridgehead atoms. The molecule has 0 aromatic heterocycles. The van der Waals surface area contributed by atoms with Crippen LogP contribution in [0.5, 0.6) is 5.75 Å². The molecule has 7 nitrogen and oxygen atoms in total. The number of nitro groups is 1. The first-order chi connectivity index (χ1) is 12.3. The third kappa shape index (κ3) is 4.58. The van der Waals surface area contributed by atoms with Crippen molar-refractivity contribution in [1.82, 2.24) is 5.32 Å². The van der Waals surface area contributed by atoms with E-state index in [1.54, 1.807) is 0 Å². The largest absolute Gasteiger partial charge is 0.497 e. The van der Waals surface area contributed by atoms with E-state index in [9.17, 15) is 14.9 Å². The SMILES string of the molecule is COc1ccc([N+](=O)[O-])c(C(=O)NCC(N)c2ccc(C(C)C)cc2)c1. The molecule has 2 aromatic rings. The van der Waals surface area contributed by atoms with Crippen LogP contribution in [0.2, 0.25) is 0 Å². The van der Waals surface area contributed by atoms with Crippen molar-refractivity contribution in [2.45, 2.75) is 25.8 Å². The quantitative estimate of drug-likeness (QED) is 0.584. The molecular formula is C19H23N3O4. The highest BCUT2D eigenvalue weighted by Gasteiger charge is 2.21. The molecule has 0 aliphatic rings. The molecule has 2 rings (SSSR count). The van der Waals surface area contributed by atoms with E-state index >= 15 is 0 Å². The van der Waals surface area contributed by atoms with E-state index in [0.29, 0.717) is 11.7 Å². The van der Waals surface area contributed by atoms with E-state index in [1.807, 2.05) is 24.3 Å². The number of nitrogens with zero attached hydrogens (tertiary/aromatic N) is 1. The fourth-order valence-corrected chi connectivity index (χ4v) is 2.53. The fraction of sp³-hybridized carbons (Fsp3) is 0.316. The van der Waals surface area contributed by atoms with E-state index < -0.39 is 16.9 Å². The molecule has 0 aliphatic heterocycles. The van der Waals surface area contributed by atoms with Crippen LogP contribution in [0.25, 0.3) is 0 Å². The van der Waals surface area contributed by atoms with Gasteiger partial charge in [0.15, 0.2) is 0 Å². The number of rotatable bonds is 7. The lowest BCUT2D eigenvalue weighted by molar-refractivity contribution is -0.385. The van der Waals surface area contributed by atoms with Crippen LogP contribution in [0.4, 0.5) is 5.69 Å². The second-order valence-corrected chi connectivity index (χ2v) is 6.28. The minimum absolute atomic E-state index is 0.0586. The van der Waals surface area contributed by atoms with Gasteiger partial charge in [0.2, 0.25) is 0 Å². The topological polar surface area (TPSA) is 107 Å². The van der Waals surface area contributed by atoms with E-state index in [0.717, 1.165) is 5.56 Å². The number of hydrogen-bond acceptors (Lipinski definition) is 5. The van der Waals surface area contributed by atoms with Gasteiger partial charge in [-0.3, -0.25) is 14.9 Å². The summed E-state index contributed by atoms with van der Waals surface area (Å²) in [5.41, 5.74) is 7.88. The molecule has 0 heterocycles. The van der Waals surface area contributed by atoms with Crippen molar-refractivity contribution in [2.75, 3.05) is 13.7 Å². The Bertz CT molecular complexity index is 788. The Kier molecular flexibility index (Phi) is 6.30. The van der Waals surface area contributed by atoms with Crippen molar-refractivity contribution in [3.05, 3.63) is 69.3 Å². The summed E-state index contributed by atoms with van der Waals surface area (Å²) < 4.78 is 5.04. The molecule has 0 fully saturated rings. The third-order valence-corrected chi connectivity index (χ3v) is 4.16. The summed E-state index contributed by atoms with van der Waals surface area (Å²) >= 11 is 0. The summed E-state index contributed by atoms with van der Waals surface area (Å²) in [4.78, 5) is 22.9. The average molecular weight is 357 g/mol. The number of ether oxygens (including phenoxy) is 1. The Balaban J connectivity index is 2.09. The van der Waals surface area contributed by atoms with Crippen molar-refractivity contribution in [2.24, 2.45) is 5.73 Å². The highest BCUT2D eigenvalue weighted by atomic mass is 16.6. The first-order valence-electron chi connectivity index (χ1n) is 8.29. The Hall–Kier alpha value is -2.93. The van der Waals surface area contributed by atoms with Gasteiger partial charge in [-0.05, 0) is 29.2 Å². The van der Waals surface area contributed by atoms with E-state index in [1.165, 1.54) is 30.9 Å². The third-order valence-electron chi connectivity index (χ3n) is 4.16. The zero-order valence-electron chi connectivity index (χ0n) is 15.1. The fourth-order valence-electron chi connectivity index (χ4n) is 2.53. The summed E-state index contributed by atoms with van der Waals surface area (Å²) in [5, 5.41) is 13.8. The molecule has 1 atom stereocenters. The number of nitrogens with one attached hydrogen (secondary N) is 1. The van der Waals surface area contributed by atoms with Crippen LogP contribution in [-0.2, 0) is 0 Å². The normalized spacial score (nSPS) is 11.9. The van der Waals surface area contributed by atoms with Crippen LogP contribution in [0.1, 0.15) is 47.3 Å². The molecule has 7 heteroatoms. The zero-order valence-corrected chi connectivity index (χ0v) is 15.1. The molecule has 1 amide bonds. The van der Waals surface area contributed by atoms with Gasteiger partial charge in [0, 0.05) is 18.7 Å². The number of amides is 1. The second-order valence-electron chi connectivity index (χ2n) is 6.28. The molecule has 26 heavy (non-hydrogen) atoms. The predicted molar refractivity (Wildman–Crippen MR) is 99.4 cm³/mol. The maximum Gasteiger partial charge on any atom is 0.282 e. The van der Waals surface area contributed by atoms with Gasteiger partial charge in [-0.15, -0.1) is 0 Å². The van der Waals surface area contributed by atoms with Crippen LogP contribution >= 0.6 is 0 Å². The number of methoxy groups -OCH3 is 1. The van der Waals surface area contributed by atoms with Gasteiger partial charge in [-0.25, -0.2) is 0 Å². The number of hydrogen-bond donors (Lipinski definition) is 2. The maximum atomic E-state index is 12.4. The van der Waals surface area contributed by atoms with Gasteiger partial charge in [-0.1, -0.05) is 38.1 Å². The Morgan fingerprint density at radius 2 is 1.81 bits per heavy atom. The molecule has 0 saturated carbocycles. The van der Waals surface area contributed by atoms with Gasteiger partial charge in [-0.2, -0.15) is 0 Å². The second kappa shape index (κ2) is 8.44. The summed E-state index contributed by atoms with van der Waals surface area (Å²) in [7, 11) is 1.43. The molecule has 2 aromatic carbocycles. The number of carbonyl (C=O) groups excluding carboxylic acids is 1. The zero-order chi connectivity index (χ0) is 19.3. The van der Waals surface area contributed by atoms with Crippen LogP contribution in [0, 0.1) is 10.1 Å². The van der Waals surface area contributed by atoms with Gasteiger partial charge >= 0.3 is 0 Å². The van der Waals surface area contributed by atoms with Gasteiger partial charge in [0.25, 0.3) is 11.6 Å². The van der Waals surface area contributed by atoms with Gasteiger partial charge in [0.05, 0.1) is 12.0 Å². The van der Waals surface area contributed by atoms with Crippen LogP contribution in [0.3, 0.4) is 0 Å². The van der Waals surface area contributed by atoms with Crippen LogP contribution < -0.4 is 15.8 Å². The molecule has 0 aliphatic carbocycles. The summed E-state index contributed by atoms with van der Waals surface area (Å²) in [5.74, 6) is 0.229. The molecule has 0 saturated heterocycles. The van der Waals surface area contributed by atoms with E-state index in [4.69, 9.17) is 10.5 Å². The summed E-state index contributed by atoms with van der Waals surface area (Å²) in [6.07, 6.45) is 0. The van der Waals surface area contributed by atoms with Crippen molar-refractivity contribution < 1.29 is 14.5 Å². The van der Waals surface area contributed by atoms with Crippen molar-refractivity contribution in [3.63, 3.8) is 0 Å². The lowest BCUT2D eigenvalue weighted by Crippen LogP contribution is -2.32. The number of carbonyl (C=O) groups is 1. The minimum atomic E-state index is -0.598. The Morgan fingerprint density at radius 1 is 1.19 bits per heavy atom. The molecule has 0 spiro atoms. The Labute approximate surface area is 152 Å². The Morgan fingerprint density at radius 3 is 2.35 bits per heavy atom. The smallest absolute Gasteiger partial charge is 0.282 e. The minimum Gasteiger partial charge on any atom is -0.497 e. The molecule has 138 valence electrons. The standard InChI is InChI=1S/C19H23N3O4/c1-12(2)13-4-6-14(7-5-13)17(20)11-21-19(23)16-10-15(26-3)8-9-18(16)22(24)25/h4-10,12,17H,11,20H2,1-3H3,(H,21,23). The van der Waals surface area contributed by atoms with E-state index in [-0.39, 0.29) is 17.8 Å². The molecule has 3 N–H and O–H groups in total. The molecular weight excluding hydrogens is 334 g/mol. The number of benzene rings is 2. The highest BCUT2D eigenvalue weighted by Crippen LogP contribution is 2.24. The van der Waals surface area contributed by atoms with E-state index in [2.05, 4.69) is 19.2 Å². The van der Waals surface area contributed by atoms with Crippen molar-refractivity contribution in [1.29, 1.82) is 0 Å². The first-order valence-corrected chi connectivity index (χ1v) is 8.29. The highest BCUT2D eigenvalue weighted by molar-refractivity contribution is 5.98. The van der Waals surface area contributed by atoms with Crippen molar-refractivity contribution >= 4 is 11.6 Å². The predicted octanol–water partition coefficient (Wildman–Crippen LogP) is 3.16.